The first-order chi connectivity index (χ1) is 13.7. The van der Waals surface area contributed by atoms with E-state index in [0.29, 0.717) is 0 Å². The fraction of sp³-hybridized carbons (Fsp3) is 0.273. The number of likely N-dealkylation sites (N-methyl/N-ethyl adjacent to an activating group) is 1. The minimum absolute atomic E-state index is 0.760. The molecule has 1 aromatic carbocycles. The van der Waals surface area contributed by atoms with E-state index in [9.17, 15) is 0 Å². The second-order valence-electron chi connectivity index (χ2n) is 7.48. The third-order valence-electron chi connectivity index (χ3n) is 5.39. The monoisotopic (exact) mass is 373 g/mol. The van der Waals surface area contributed by atoms with Gasteiger partial charge in [0.05, 0.1) is 18.1 Å². The number of nitrogens with zero attached hydrogens (tertiary/aromatic N) is 4. The maximum atomic E-state index is 5.91. The number of pyridine rings is 2. The average Bonchev–Trinajstić information content (AvgIpc) is 3.06. The van der Waals surface area contributed by atoms with E-state index in [0.717, 1.165) is 59.8 Å². The van der Waals surface area contributed by atoms with Crippen LogP contribution >= 0.6 is 0 Å². The van der Waals surface area contributed by atoms with Crippen molar-refractivity contribution >= 4 is 39.3 Å². The summed E-state index contributed by atoms with van der Waals surface area (Å²) >= 11 is 0. The third-order valence-corrected chi connectivity index (χ3v) is 5.39. The van der Waals surface area contributed by atoms with Gasteiger partial charge in [0.2, 0.25) is 0 Å². The van der Waals surface area contributed by atoms with Crippen molar-refractivity contribution < 1.29 is 4.42 Å². The van der Waals surface area contributed by atoms with Gasteiger partial charge >= 0.3 is 0 Å². The maximum absolute atomic E-state index is 5.91. The Morgan fingerprint density at radius 3 is 2.46 bits per heavy atom. The van der Waals surface area contributed by atoms with Gasteiger partial charge in [-0.25, -0.2) is 9.97 Å². The Labute approximate surface area is 163 Å². The fourth-order valence-electron chi connectivity index (χ4n) is 3.70. The molecule has 0 atom stereocenters. The highest BCUT2D eigenvalue weighted by Crippen LogP contribution is 2.30. The Balaban J connectivity index is 1.38. The van der Waals surface area contributed by atoms with E-state index in [1.807, 2.05) is 18.3 Å². The first-order valence-corrected chi connectivity index (χ1v) is 9.61. The zero-order valence-electron chi connectivity index (χ0n) is 16.1. The predicted molar refractivity (Wildman–Crippen MR) is 113 cm³/mol. The van der Waals surface area contributed by atoms with Gasteiger partial charge in [-0.15, -0.1) is 0 Å². The summed E-state index contributed by atoms with van der Waals surface area (Å²) in [6.07, 6.45) is 3.70. The molecule has 1 fully saturated rings. The van der Waals surface area contributed by atoms with Crippen LogP contribution in [0.5, 0.6) is 0 Å². The average molecular weight is 373 g/mol. The number of aryl methyl sites for hydroxylation is 1. The van der Waals surface area contributed by atoms with Crippen molar-refractivity contribution in [3.05, 3.63) is 54.4 Å². The van der Waals surface area contributed by atoms with Crippen LogP contribution in [-0.4, -0.2) is 48.1 Å². The number of hydrogen-bond acceptors (Lipinski definition) is 6. The third kappa shape index (κ3) is 3.16. The van der Waals surface area contributed by atoms with Crippen molar-refractivity contribution in [2.45, 2.75) is 6.92 Å². The van der Waals surface area contributed by atoms with Gasteiger partial charge in [0.25, 0.3) is 0 Å². The van der Waals surface area contributed by atoms with Crippen molar-refractivity contribution in [3.63, 3.8) is 0 Å². The van der Waals surface area contributed by atoms with Crippen LogP contribution < -0.4 is 10.2 Å². The first kappa shape index (κ1) is 17.0. The summed E-state index contributed by atoms with van der Waals surface area (Å²) in [6, 6.07) is 12.4. The van der Waals surface area contributed by atoms with Crippen molar-refractivity contribution in [2.75, 3.05) is 43.4 Å². The van der Waals surface area contributed by atoms with Crippen molar-refractivity contribution in [2.24, 2.45) is 0 Å². The lowest BCUT2D eigenvalue weighted by molar-refractivity contribution is 0.313. The number of furan rings is 1. The van der Waals surface area contributed by atoms with E-state index in [-0.39, 0.29) is 0 Å². The van der Waals surface area contributed by atoms with Gasteiger partial charge in [-0.1, -0.05) is 12.1 Å². The molecule has 4 heterocycles. The normalized spacial score (nSPS) is 15.4. The van der Waals surface area contributed by atoms with Crippen molar-refractivity contribution in [1.82, 2.24) is 14.9 Å². The zero-order valence-corrected chi connectivity index (χ0v) is 16.1. The summed E-state index contributed by atoms with van der Waals surface area (Å²) < 4.78 is 5.91. The van der Waals surface area contributed by atoms with E-state index >= 15 is 0 Å². The largest absolute Gasteiger partial charge is 0.454 e. The number of aromatic nitrogens is 2. The van der Waals surface area contributed by atoms with E-state index in [1.165, 1.54) is 11.3 Å². The molecule has 1 aliphatic rings. The van der Waals surface area contributed by atoms with Crippen LogP contribution in [0.25, 0.3) is 21.9 Å². The summed E-state index contributed by atoms with van der Waals surface area (Å²) in [5.74, 6) is 1.55. The smallest absolute Gasteiger partial charge is 0.153 e. The summed E-state index contributed by atoms with van der Waals surface area (Å²) in [7, 11) is 2.16. The molecule has 4 aromatic rings. The molecular weight excluding hydrogens is 350 g/mol. The molecule has 3 aromatic heterocycles. The summed E-state index contributed by atoms with van der Waals surface area (Å²) in [6.45, 7) is 6.31. The van der Waals surface area contributed by atoms with E-state index in [1.54, 1.807) is 6.20 Å². The molecule has 0 amide bonds. The molecule has 142 valence electrons. The van der Waals surface area contributed by atoms with Crippen LogP contribution in [0.15, 0.2) is 53.2 Å². The lowest BCUT2D eigenvalue weighted by Crippen LogP contribution is -2.44. The lowest BCUT2D eigenvalue weighted by Gasteiger charge is -2.33. The molecule has 6 heteroatoms. The number of fused-ring (bicyclic) bond motifs is 3. The quantitative estimate of drug-likeness (QED) is 0.581. The van der Waals surface area contributed by atoms with Crippen LogP contribution in [0.4, 0.5) is 17.3 Å². The molecule has 0 aliphatic carbocycles. The molecule has 0 bridgehead atoms. The van der Waals surface area contributed by atoms with Gasteiger partial charge in [-0.05, 0) is 43.8 Å². The van der Waals surface area contributed by atoms with Gasteiger partial charge in [-0.3, -0.25) is 0 Å². The molecule has 0 spiro atoms. The molecule has 0 unspecified atom stereocenters. The highest BCUT2D eigenvalue weighted by atomic mass is 16.3. The number of piperazine rings is 1. The number of nitrogens with one attached hydrogen (secondary N) is 1. The summed E-state index contributed by atoms with van der Waals surface area (Å²) in [4.78, 5) is 13.8. The van der Waals surface area contributed by atoms with E-state index in [4.69, 9.17) is 4.42 Å². The number of hydrogen-bond donors (Lipinski definition) is 1. The zero-order chi connectivity index (χ0) is 19.1. The van der Waals surface area contributed by atoms with E-state index in [2.05, 4.69) is 63.3 Å². The Bertz CT molecular complexity index is 1130. The van der Waals surface area contributed by atoms with Crippen LogP contribution in [0.3, 0.4) is 0 Å². The van der Waals surface area contributed by atoms with Crippen molar-refractivity contribution in [3.8, 4) is 0 Å². The Kier molecular flexibility index (Phi) is 4.13. The van der Waals surface area contributed by atoms with Crippen molar-refractivity contribution in [1.29, 1.82) is 0 Å². The molecule has 6 nitrogen and oxygen atoms in total. The summed E-state index contributed by atoms with van der Waals surface area (Å²) in [5.41, 5.74) is 4.04. The number of benzene rings is 1. The molecular formula is C22H23N5O. The first-order valence-electron chi connectivity index (χ1n) is 9.61. The van der Waals surface area contributed by atoms with Gasteiger partial charge in [0.15, 0.2) is 5.58 Å². The number of rotatable bonds is 3. The SMILES string of the molecule is Cc1ccc2c(c1)oc1cnc(Nc3ccc(N4CCN(C)CC4)cn3)cc12. The van der Waals surface area contributed by atoms with Gasteiger partial charge in [0.1, 0.15) is 17.2 Å². The van der Waals surface area contributed by atoms with Gasteiger partial charge in [0, 0.05) is 37.0 Å². The molecule has 0 saturated carbocycles. The molecule has 1 aliphatic heterocycles. The van der Waals surface area contributed by atoms with Gasteiger partial charge < -0.3 is 19.5 Å². The van der Waals surface area contributed by atoms with Crippen LogP contribution in [0.2, 0.25) is 0 Å². The molecule has 1 N–H and O–H groups in total. The second-order valence-corrected chi connectivity index (χ2v) is 7.48. The standard InChI is InChI=1S/C22H23N5O/c1-15-3-5-17-18-12-22(24-14-20(18)28-19(17)11-15)25-21-6-4-16(13-23-21)27-9-7-26(2)8-10-27/h3-6,11-14H,7-10H2,1-2H3,(H,23,24,25). The second kappa shape index (κ2) is 6.80. The lowest BCUT2D eigenvalue weighted by atomic mass is 10.1. The van der Waals surface area contributed by atoms with Crippen LogP contribution in [-0.2, 0) is 0 Å². The Hall–Kier alpha value is -3.12. The van der Waals surface area contributed by atoms with Gasteiger partial charge in [-0.2, -0.15) is 0 Å². The molecule has 28 heavy (non-hydrogen) atoms. The minimum atomic E-state index is 0.760. The summed E-state index contributed by atoms with van der Waals surface area (Å²) in [5, 5.41) is 5.47. The van der Waals surface area contributed by atoms with E-state index < -0.39 is 0 Å². The molecule has 1 saturated heterocycles. The predicted octanol–water partition coefficient (Wildman–Crippen LogP) is 4.18. The fourth-order valence-corrected chi connectivity index (χ4v) is 3.70. The molecule has 5 rings (SSSR count). The topological polar surface area (TPSA) is 57.4 Å². The highest BCUT2D eigenvalue weighted by molar-refractivity contribution is 6.05. The number of anilines is 3. The van der Waals surface area contributed by atoms with Crippen LogP contribution in [0, 0.1) is 6.92 Å². The van der Waals surface area contributed by atoms with Crippen LogP contribution in [0.1, 0.15) is 5.56 Å². The Morgan fingerprint density at radius 2 is 1.68 bits per heavy atom. The molecule has 0 radical (unpaired) electrons. The highest BCUT2D eigenvalue weighted by Gasteiger charge is 2.14. The maximum Gasteiger partial charge on any atom is 0.153 e. The minimum Gasteiger partial charge on any atom is -0.454 e. The Morgan fingerprint density at radius 1 is 0.857 bits per heavy atom.